The first-order valence-electron chi connectivity index (χ1n) is 38.4. The number of nitrogens with two attached hydrogens (primary N) is 5. The summed E-state index contributed by atoms with van der Waals surface area (Å²) in [4.78, 5) is 256. The molecule has 3 aromatic rings. The molecular formula is C69H105N27O21S6. The molecule has 6 rings (SSSR count). The molecule has 3 fully saturated rings. The van der Waals surface area contributed by atoms with Gasteiger partial charge in [0.1, 0.15) is 90.6 Å². The van der Waals surface area contributed by atoms with E-state index in [1.54, 1.807) is 24.3 Å². The molecule has 3 aliphatic rings. The summed E-state index contributed by atoms with van der Waals surface area (Å²) < 4.78 is 0. The second-order valence-electron chi connectivity index (χ2n) is 28.0. The van der Waals surface area contributed by atoms with Crippen molar-refractivity contribution in [1.82, 2.24) is 105 Å². The first-order valence-corrected chi connectivity index (χ1v) is 45.9. The number of aromatic nitrogens is 3. The predicted octanol–water partition coefficient (Wildman–Crippen LogP) is -10.9. The number of primary amides is 1. The highest BCUT2D eigenvalue weighted by Crippen LogP contribution is 2.28. The van der Waals surface area contributed by atoms with Crippen LogP contribution in [0.4, 0.5) is 0 Å². The van der Waals surface area contributed by atoms with Crippen molar-refractivity contribution in [2.24, 2.45) is 28.7 Å². The third-order valence-corrected chi connectivity index (χ3v) is 25.9. The number of amides is 16. The number of aliphatic hydroxyl groups is 3. The van der Waals surface area contributed by atoms with Gasteiger partial charge in [0, 0.05) is 89.4 Å². The SMILES string of the molecule is C[C@H]1NC(=O)[C@@H]2CSSC[C@@H]3NC(=O)[C@H](CCCNC(=N)N)NC(=O)[C@H](CO)NC(=O)[C@H](Cc4cnc[nH]4)NC(=O)[C@H](CC(=O)O)NC(=O)[C@H](CCCNC(=N)N)NC(=O)[C@H](CSSC[C@H](N)C(=O)N2)NC(=O)[C@H](Cc2c[nH]c4ccccc24)NC(=O)[C@H](CCCCN)NC(=O)[C@H](CO)NC(=O)[C@H](CO)NC(=O)[C@H](CSSC[C@@H](C(N)=O)NC3=O)NC1=O. The van der Waals surface area contributed by atoms with Gasteiger partial charge in [-0.15, -0.1) is 0 Å². The van der Waals surface area contributed by atoms with Crippen molar-refractivity contribution >= 4 is 188 Å². The van der Waals surface area contributed by atoms with E-state index in [4.69, 9.17) is 39.5 Å². The number of H-pyrrole nitrogens is 2. The third-order valence-electron chi connectivity index (χ3n) is 18.6. The van der Waals surface area contributed by atoms with Crippen molar-refractivity contribution in [1.29, 1.82) is 10.8 Å². The minimum absolute atomic E-state index is 0.0818. The number of imidazole rings is 1. The maximum absolute atomic E-state index is 15.4. The first-order chi connectivity index (χ1) is 58.6. The van der Waals surface area contributed by atoms with Gasteiger partial charge in [-0.1, -0.05) is 83.0 Å². The van der Waals surface area contributed by atoms with Crippen LogP contribution in [-0.4, -0.2) is 318 Å². The molecule has 16 atom stereocenters. The van der Waals surface area contributed by atoms with Crippen LogP contribution >= 0.6 is 64.8 Å². The summed E-state index contributed by atoms with van der Waals surface area (Å²) in [7, 11) is 4.76. The van der Waals surface area contributed by atoms with Crippen molar-refractivity contribution in [3.05, 3.63) is 54.2 Å². The Hall–Kier alpha value is -10.6. The number of hydrogen-bond acceptors (Lipinski definition) is 31. The summed E-state index contributed by atoms with van der Waals surface area (Å²) in [6, 6.07) is -22.1. The lowest BCUT2D eigenvalue weighted by Gasteiger charge is -2.28. The minimum atomic E-state index is -2.15. The number of para-hydroxylation sites is 1. The van der Waals surface area contributed by atoms with Crippen molar-refractivity contribution in [2.75, 3.05) is 74.0 Å². The van der Waals surface area contributed by atoms with Gasteiger partial charge in [0.15, 0.2) is 11.9 Å². The average molecular weight is 1840 g/mol. The molecule has 3 aliphatic heterocycles. The van der Waals surface area contributed by atoms with Crippen LogP contribution in [0.25, 0.3) is 10.9 Å². The fourth-order valence-corrected chi connectivity index (χ4v) is 18.8. The maximum Gasteiger partial charge on any atom is 0.305 e. The van der Waals surface area contributed by atoms with Gasteiger partial charge in [0.05, 0.1) is 38.6 Å². The standard InChI is InChI=1S/C69H105N27O21S6/c1-31-53(103)93-48-27-121-119-25-46(52(72)102)92-67(117)50-29-123-122-26-47(64(114)82-31)94-54(104)35(71)24-118-120-28-49(96-58(108)40(16-32-19-80-36-9-3-2-8-34(32)36)86-55(105)37(10-4-5-13-70)83-62(112)44(22-98)90-63(113)45(23-99)91-66(48)116)65(115)85-38(11-6-14-78-68(73)74)56(106)88-42(18-51(100)101)60(110)87-41(17-33-20-77-30-81-33)59(109)89-43(21-97)61(111)84-39(57(107)95-50)12-7-15-79-69(75)76/h2-3,8-9,19-20,30-31,35,37-50,80,97-99H,4-7,10-18,21-29,70-71H2,1H3,(H2,72,102)(H,77,81)(H,82,114)(H,83,112)(H,84,111)(H,85,115)(H,86,105)(H,87,110)(H,88,106)(H,89,109)(H,90,113)(H,91,116)(H,92,117)(H,93,103)(H,94,104)(H,95,107)(H,96,108)(H,100,101)(H4,73,74,78)(H4,75,76,79)/t31-,35+,37+,38+,39+,40+,41+,42+,43+,44+,45+,46+,47+,48+,49+,50+/m1/s1. The molecule has 3 saturated heterocycles. The number of unbranched alkanes of at least 4 members (excludes halogenated alkanes) is 1. The number of benzene rings is 1. The zero-order valence-electron chi connectivity index (χ0n) is 66.3. The minimum Gasteiger partial charge on any atom is -0.481 e. The van der Waals surface area contributed by atoms with Crippen molar-refractivity contribution < 1.29 is 102 Å². The number of carboxylic acid groups (broad SMARTS) is 1. The number of aliphatic carboxylic acids is 1. The smallest absolute Gasteiger partial charge is 0.305 e. The highest BCUT2D eigenvalue weighted by molar-refractivity contribution is 8.77. The molecular weight excluding hydrogens is 1740 g/mol. The van der Waals surface area contributed by atoms with E-state index >= 15 is 9.59 Å². The van der Waals surface area contributed by atoms with Gasteiger partial charge >= 0.3 is 5.97 Å². The van der Waals surface area contributed by atoms with E-state index in [1.165, 1.54) is 25.6 Å². The fraction of sp³-hybridized carbons (Fsp3) is 0.565. The van der Waals surface area contributed by atoms with E-state index in [0.717, 1.165) is 64.8 Å². The third kappa shape index (κ3) is 33.9. The molecule has 1 aromatic carbocycles. The maximum atomic E-state index is 15.4. The number of carboxylic acids is 1. The Balaban J connectivity index is 1.58. The summed E-state index contributed by atoms with van der Waals surface area (Å²) in [5.74, 6) is -24.5. The summed E-state index contributed by atoms with van der Waals surface area (Å²) in [6.45, 7) is -2.66. The largest absolute Gasteiger partial charge is 0.481 e. The second-order valence-corrected chi connectivity index (χ2v) is 35.7. The number of fused-ring (bicyclic) bond motifs is 17. The molecule has 16 amide bonds. The van der Waals surface area contributed by atoms with Crippen LogP contribution in [0.3, 0.4) is 0 Å². The van der Waals surface area contributed by atoms with Gasteiger partial charge < -0.3 is 149 Å². The summed E-state index contributed by atoms with van der Waals surface area (Å²) in [6.07, 6.45) is 0.936. The van der Waals surface area contributed by atoms with Crippen LogP contribution in [0.2, 0.25) is 0 Å². The van der Waals surface area contributed by atoms with Gasteiger partial charge in [0.2, 0.25) is 94.5 Å². The van der Waals surface area contributed by atoms with Crippen molar-refractivity contribution in [2.45, 2.75) is 168 Å². The molecule has 123 heavy (non-hydrogen) atoms. The second kappa shape index (κ2) is 52.1. The quantitative estimate of drug-likeness (QED) is 0.0192. The van der Waals surface area contributed by atoms with E-state index in [2.05, 4.69) is 105 Å². The number of nitrogens with one attached hydrogen (secondary N) is 21. The number of carbonyl (C=O) groups excluding carboxylic acids is 16. The first kappa shape index (κ1) is 101. The topological polar surface area (TPSA) is 798 Å². The molecule has 0 saturated carbocycles. The molecule has 2 aromatic heterocycles. The van der Waals surface area contributed by atoms with E-state index < -0.39 is 277 Å². The zero-order chi connectivity index (χ0) is 90.4. The zero-order valence-corrected chi connectivity index (χ0v) is 71.2. The number of aromatic amines is 2. The van der Waals surface area contributed by atoms with E-state index in [-0.39, 0.29) is 76.0 Å². The van der Waals surface area contributed by atoms with Gasteiger partial charge in [-0.2, -0.15) is 0 Å². The Labute approximate surface area is 726 Å². The Morgan fingerprint density at radius 3 is 1.31 bits per heavy atom. The van der Waals surface area contributed by atoms with Crippen LogP contribution in [0.15, 0.2) is 43.0 Å². The molecule has 0 spiro atoms. The summed E-state index contributed by atoms with van der Waals surface area (Å²) in [5, 5.41) is 100. The molecule has 54 heteroatoms. The lowest BCUT2D eigenvalue weighted by atomic mass is 10.0. The van der Waals surface area contributed by atoms with Crippen molar-refractivity contribution in [3.8, 4) is 0 Å². The molecule has 0 unspecified atom stereocenters. The van der Waals surface area contributed by atoms with Gasteiger partial charge in [-0.3, -0.25) is 92.3 Å². The average Bonchev–Trinajstić information content (AvgIpc) is 1.72. The molecule has 678 valence electrons. The number of nitrogens with zero attached hydrogens (tertiary/aromatic N) is 1. The van der Waals surface area contributed by atoms with Crippen LogP contribution < -0.4 is 119 Å². The normalized spacial score (nSPS) is 26.8. The molecule has 4 bridgehead atoms. The van der Waals surface area contributed by atoms with Crippen LogP contribution in [0.1, 0.15) is 69.5 Å². The van der Waals surface area contributed by atoms with Crippen molar-refractivity contribution in [3.63, 3.8) is 0 Å². The lowest BCUT2D eigenvalue weighted by molar-refractivity contribution is -0.141. The Morgan fingerprint density at radius 1 is 0.447 bits per heavy atom. The monoisotopic (exact) mass is 1840 g/mol. The molecule has 48 nitrogen and oxygen atoms in total. The summed E-state index contributed by atoms with van der Waals surface area (Å²) in [5.41, 5.74) is 30.4. The van der Waals surface area contributed by atoms with Crippen LogP contribution in [-0.2, 0) is 94.3 Å². The van der Waals surface area contributed by atoms with E-state index in [9.17, 15) is 92.3 Å². The number of rotatable bonds is 22. The fourth-order valence-electron chi connectivity index (χ4n) is 11.8. The lowest BCUT2D eigenvalue weighted by Crippen LogP contribution is -2.62. The molecule has 35 N–H and O–H groups in total. The Bertz CT molecular complexity index is 4220. The summed E-state index contributed by atoms with van der Waals surface area (Å²) >= 11 is 0. The Kier molecular flexibility index (Phi) is 42.9. The number of carbonyl (C=O) groups is 17. The highest BCUT2D eigenvalue weighted by Gasteiger charge is 2.40. The van der Waals surface area contributed by atoms with E-state index in [0.29, 0.717) is 16.5 Å². The van der Waals surface area contributed by atoms with Crippen LogP contribution in [0.5, 0.6) is 0 Å². The number of aliphatic hydroxyl groups excluding tert-OH is 3. The highest BCUT2D eigenvalue weighted by atomic mass is 33.1. The van der Waals surface area contributed by atoms with Gasteiger partial charge in [-0.05, 0) is 70.0 Å². The predicted molar refractivity (Wildman–Crippen MR) is 456 cm³/mol. The molecule has 5 heterocycles. The molecule has 0 aliphatic carbocycles. The van der Waals surface area contributed by atoms with Gasteiger partial charge in [-0.25, -0.2) is 4.98 Å². The Morgan fingerprint density at radius 2 is 0.829 bits per heavy atom. The number of guanidine groups is 2. The van der Waals surface area contributed by atoms with Crippen LogP contribution in [0, 0.1) is 10.8 Å². The van der Waals surface area contributed by atoms with Gasteiger partial charge in [0.25, 0.3) is 0 Å². The number of hydrogen-bond donors (Lipinski definition) is 30. The van der Waals surface area contributed by atoms with E-state index in [1.807, 2.05) is 0 Å². The molecule has 0 radical (unpaired) electrons.